The Bertz CT molecular complexity index is 340. The minimum absolute atomic E-state index is 0.249. The van der Waals surface area contributed by atoms with Gasteiger partial charge in [-0.1, -0.05) is 13.0 Å². The fourth-order valence-corrected chi connectivity index (χ4v) is 2.06. The van der Waals surface area contributed by atoms with Crippen LogP contribution in [0.1, 0.15) is 26.2 Å². The second kappa shape index (κ2) is 4.73. The van der Waals surface area contributed by atoms with Crippen LogP contribution in [0.4, 0.5) is 0 Å². The van der Waals surface area contributed by atoms with Gasteiger partial charge < -0.3 is 9.64 Å². The molecule has 1 amide bonds. The molecule has 88 valence electrons. The van der Waals surface area contributed by atoms with Crippen LogP contribution in [0.25, 0.3) is 0 Å². The van der Waals surface area contributed by atoms with Crippen molar-refractivity contribution in [3.8, 4) is 0 Å². The summed E-state index contributed by atoms with van der Waals surface area (Å²) in [4.78, 5) is 13.7. The number of carbonyl (C=O) groups excluding carboxylic acids is 1. The molecule has 1 fully saturated rings. The Morgan fingerprint density at radius 3 is 2.88 bits per heavy atom. The van der Waals surface area contributed by atoms with Crippen molar-refractivity contribution in [3.63, 3.8) is 0 Å². The lowest BCUT2D eigenvalue weighted by Gasteiger charge is -2.31. The molecule has 0 spiro atoms. The number of carbonyl (C=O) groups is 1. The summed E-state index contributed by atoms with van der Waals surface area (Å²) < 4.78 is 5.31. The maximum Gasteiger partial charge on any atom is 0.226 e. The maximum atomic E-state index is 11.8. The summed E-state index contributed by atoms with van der Waals surface area (Å²) in [5.74, 6) is 1.68. The number of allylic oxidation sites excluding steroid dienone is 3. The first-order valence-electron chi connectivity index (χ1n) is 5.93. The van der Waals surface area contributed by atoms with Gasteiger partial charge in [-0.3, -0.25) is 4.79 Å². The van der Waals surface area contributed by atoms with Gasteiger partial charge >= 0.3 is 0 Å². The number of likely N-dealkylation sites (tertiary alicyclic amines) is 1. The fraction of sp³-hybridized carbons (Fsp3) is 0.615. The van der Waals surface area contributed by atoms with Crippen molar-refractivity contribution in [3.05, 3.63) is 23.5 Å². The van der Waals surface area contributed by atoms with Crippen LogP contribution in [0.3, 0.4) is 0 Å². The van der Waals surface area contributed by atoms with Crippen LogP contribution >= 0.6 is 0 Å². The Labute approximate surface area is 96.8 Å². The van der Waals surface area contributed by atoms with E-state index in [1.807, 2.05) is 11.0 Å². The van der Waals surface area contributed by atoms with Crippen molar-refractivity contribution in [1.82, 2.24) is 4.90 Å². The molecule has 1 unspecified atom stereocenters. The Morgan fingerprint density at radius 1 is 1.56 bits per heavy atom. The number of ether oxygens (including phenoxy) is 1. The van der Waals surface area contributed by atoms with E-state index in [0.29, 0.717) is 12.3 Å². The van der Waals surface area contributed by atoms with E-state index in [1.54, 1.807) is 7.11 Å². The summed E-state index contributed by atoms with van der Waals surface area (Å²) >= 11 is 0. The molecule has 0 N–H and O–H groups in total. The highest BCUT2D eigenvalue weighted by Gasteiger charge is 2.22. The third-order valence-corrected chi connectivity index (χ3v) is 3.35. The van der Waals surface area contributed by atoms with Crippen LogP contribution in [0.5, 0.6) is 0 Å². The predicted molar refractivity (Wildman–Crippen MR) is 62.8 cm³/mol. The van der Waals surface area contributed by atoms with E-state index < -0.39 is 0 Å². The van der Waals surface area contributed by atoms with E-state index in [2.05, 4.69) is 13.0 Å². The van der Waals surface area contributed by atoms with Crippen LogP contribution in [0.15, 0.2) is 23.5 Å². The molecule has 1 atom stereocenters. The molecule has 0 saturated carbocycles. The number of amides is 1. The lowest BCUT2D eigenvalue weighted by atomic mass is 9.94. The van der Waals surface area contributed by atoms with E-state index in [1.165, 1.54) is 0 Å². The van der Waals surface area contributed by atoms with E-state index in [9.17, 15) is 4.79 Å². The molecule has 0 radical (unpaired) electrons. The number of hydrogen-bond donors (Lipinski definition) is 0. The van der Waals surface area contributed by atoms with E-state index in [0.717, 1.165) is 37.3 Å². The van der Waals surface area contributed by atoms with Gasteiger partial charge in [0.15, 0.2) is 0 Å². The zero-order chi connectivity index (χ0) is 11.5. The lowest BCUT2D eigenvalue weighted by Crippen LogP contribution is -2.42. The molecule has 0 bridgehead atoms. The molecule has 1 saturated heterocycles. The minimum Gasteiger partial charge on any atom is -0.501 e. The lowest BCUT2D eigenvalue weighted by molar-refractivity contribution is -0.133. The van der Waals surface area contributed by atoms with E-state index >= 15 is 0 Å². The van der Waals surface area contributed by atoms with Gasteiger partial charge in [-0.2, -0.15) is 0 Å². The molecule has 0 aromatic carbocycles. The van der Waals surface area contributed by atoms with Crippen LogP contribution in [0, 0.1) is 5.92 Å². The van der Waals surface area contributed by atoms with Crippen molar-refractivity contribution in [2.75, 3.05) is 20.2 Å². The van der Waals surface area contributed by atoms with Gasteiger partial charge in [-0.05, 0) is 24.5 Å². The van der Waals surface area contributed by atoms with Crippen LogP contribution in [-0.4, -0.2) is 31.0 Å². The summed E-state index contributed by atoms with van der Waals surface area (Å²) in [5, 5.41) is 0. The quantitative estimate of drug-likeness (QED) is 0.730. The van der Waals surface area contributed by atoms with Gasteiger partial charge in [0.1, 0.15) is 0 Å². The Hall–Kier alpha value is -1.25. The predicted octanol–water partition coefficient (Wildman–Crippen LogP) is 2.11. The summed E-state index contributed by atoms with van der Waals surface area (Å²) in [6.45, 7) is 4.01. The first-order valence-corrected chi connectivity index (χ1v) is 5.93. The van der Waals surface area contributed by atoms with E-state index in [4.69, 9.17) is 4.74 Å². The molecule has 1 aliphatic carbocycles. The Morgan fingerprint density at radius 2 is 2.31 bits per heavy atom. The van der Waals surface area contributed by atoms with Gasteiger partial charge in [0.2, 0.25) is 5.91 Å². The summed E-state index contributed by atoms with van der Waals surface area (Å²) in [5.41, 5.74) is 1.10. The molecule has 0 aromatic heterocycles. The topological polar surface area (TPSA) is 29.5 Å². The molecule has 2 aliphatic rings. The minimum atomic E-state index is 0.249. The largest absolute Gasteiger partial charge is 0.501 e. The highest BCUT2D eigenvalue weighted by molar-refractivity contribution is 5.80. The van der Waals surface area contributed by atoms with Gasteiger partial charge in [0.25, 0.3) is 0 Å². The zero-order valence-corrected chi connectivity index (χ0v) is 10.0. The number of nitrogens with zero attached hydrogens (tertiary/aromatic N) is 1. The van der Waals surface area contributed by atoms with Crippen LogP contribution in [-0.2, 0) is 9.53 Å². The first kappa shape index (κ1) is 11.2. The maximum absolute atomic E-state index is 11.8. The SMILES string of the molecule is COC1=CC(CC(=O)N2CCC2)=CCC1C. The second-order valence-electron chi connectivity index (χ2n) is 4.58. The standard InChI is InChI=1S/C13H19NO2/c1-10-4-5-11(8-12(10)16-2)9-13(15)14-6-3-7-14/h5,8,10H,3-4,6-7,9H2,1-2H3. The molecule has 3 nitrogen and oxygen atoms in total. The Kier molecular flexibility index (Phi) is 3.32. The van der Waals surface area contributed by atoms with Crippen molar-refractivity contribution < 1.29 is 9.53 Å². The van der Waals surface area contributed by atoms with Crippen molar-refractivity contribution in [1.29, 1.82) is 0 Å². The number of methoxy groups -OCH3 is 1. The van der Waals surface area contributed by atoms with Gasteiger partial charge in [-0.15, -0.1) is 0 Å². The normalized spacial score (nSPS) is 24.4. The summed E-state index contributed by atoms with van der Waals surface area (Å²) in [7, 11) is 1.70. The average Bonchev–Trinajstić information content (AvgIpc) is 2.18. The van der Waals surface area contributed by atoms with Gasteiger partial charge in [0.05, 0.1) is 19.3 Å². The molecule has 1 heterocycles. The smallest absolute Gasteiger partial charge is 0.226 e. The Balaban J connectivity index is 1.95. The molecule has 16 heavy (non-hydrogen) atoms. The molecule has 0 aromatic rings. The van der Waals surface area contributed by atoms with Crippen molar-refractivity contribution in [2.24, 2.45) is 5.92 Å². The zero-order valence-electron chi connectivity index (χ0n) is 10.0. The second-order valence-corrected chi connectivity index (χ2v) is 4.58. The highest BCUT2D eigenvalue weighted by Crippen LogP contribution is 2.26. The van der Waals surface area contributed by atoms with Gasteiger partial charge in [-0.25, -0.2) is 0 Å². The summed E-state index contributed by atoms with van der Waals surface area (Å²) in [6.07, 6.45) is 6.83. The third-order valence-electron chi connectivity index (χ3n) is 3.35. The molecule has 2 rings (SSSR count). The highest BCUT2D eigenvalue weighted by atomic mass is 16.5. The number of hydrogen-bond acceptors (Lipinski definition) is 2. The average molecular weight is 221 g/mol. The molecular weight excluding hydrogens is 202 g/mol. The van der Waals surface area contributed by atoms with E-state index in [-0.39, 0.29) is 5.91 Å². The monoisotopic (exact) mass is 221 g/mol. The van der Waals surface area contributed by atoms with Crippen molar-refractivity contribution >= 4 is 5.91 Å². The first-order chi connectivity index (χ1) is 7.70. The van der Waals surface area contributed by atoms with Crippen LogP contribution in [0.2, 0.25) is 0 Å². The third kappa shape index (κ3) is 2.29. The van der Waals surface area contributed by atoms with Gasteiger partial charge in [0, 0.05) is 19.0 Å². The van der Waals surface area contributed by atoms with Crippen LogP contribution < -0.4 is 0 Å². The number of rotatable bonds is 3. The molecule has 1 aliphatic heterocycles. The summed E-state index contributed by atoms with van der Waals surface area (Å²) in [6, 6.07) is 0. The van der Waals surface area contributed by atoms with Crippen molar-refractivity contribution in [2.45, 2.75) is 26.2 Å². The fourth-order valence-electron chi connectivity index (χ4n) is 2.06. The molecular formula is C13H19NO2. The molecule has 3 heteroatoms.